The fraction of sp³-hybridized carbons (Fsp3) is 0.188. The van der Waals surface area contributed by atoms with E-state index in [1.807, 2.05) is 38.4 Å². The van der Waals surface area contributed by atoms with Crippen LogP contribution in [0.2, 0.25) is 0 Å². The molecule has 2 aromatic carbocycles. The summed E-state index contributed by atoms with van der Waals surface area (Å²) in [5.41, 5.74) is 8.85. The molecule has 0 spiro atoms. The van der Waals surface area contributed by atoms with Gasteiger partial charge in [-0.2, -0.15) is 0 Å². The van der Waals surface area contributed by atoms with E-state index < -0.39 is 0 Å². The van der Waals surface area contributed by atoms with E-state index in [9.17, 15) is 4.79 Å². The molecule has 0 aromatic heterocycles. The number of nitrogens with one attached hydrogen (secondary N) is 1. The number of hydrogen-bond donors (Lipinski definition) is 2. The van der Waals surface area contributed by atoms with Gasteiger partial charge in [0.2, 0.25) is 0 Å². The first-order chi connectivity index (χ1) is 9.54. The molecular formula is C16H19N3O. The van der Waals surface area contributed by atoms with Gasteiger partial charge in [0, 0.05) is 23.5 Å². The normalized spacial score (nSPS) is 10.6. The first kappa shape index (κ1) is 14.1. The summed E-state index contributed by atoms with van der Waals surface area (Å²) >= 11 is 0. The second-order valence-electron chi connectivity index (χ2n) is 5.01. The lowest BCUT2D eigenvalue weighted by Crippen LogP contribution is -2.13. The van der Waals surface area contributed by atoms with Gasteiger partial charge in [0.1, 0.15) is 0 Å². The summed E-state index contributed by atoms with van der Waals surface area (Å²) in [6.45, 7) is 0.861. The Bertz CT molecular complexity index is 574. The summed E-state index contributed by atoms with van der Waals surface area (Å²) in [6.07, 6.45) is 0. The van der Waals surface area contributed by atoms with Gasteiger partial charge in [0.15, 0.2) is 0 Å². The van der Waals surface area contributed by atoms with Crippen LogP contribution in [0, 0.1) is 0 Å². The molecule has 3 N–H and O–H groups in total. The molecular weight excluding hydrogens is 250 g/mol. The summed E-state index contributed by atoms with van der Waals surface area (Å²) in [6, 6.07) is 14.7. The molecule has 2 rings (SSSR count). The van der Waals surface area contributed by atoms with Crippen molar-refractivity contribution in [3.8, 4) is 0 Å². The summed E-state index contributed by atoms with van der Waals surface area (Å²) < 4.78 is 0. The van der Waals surface area contributed by atoms with Crippen molar-refractivity contribution in [1.29, 1.82) is 0 Å². The van der Waals surface area contributed by atoms with Crippen molar-refractivity contribution in [3.05, 3.63) is 59.7 Å². The van der Waals surface area contributed by atoms with E-state index in [2.05, 4.69) is 10.2 Å². The van der Waals surface area contributed by atoms with Crippen LogP contribution in [0.25, 0.3) is 0 Å². The Labute approximate surface area is 119 Å². The number of anilines is 2. The number of amides is 1. The number of nitrogen functional groups attached to an aromatic ring is 1. The molecule has 4 nitrogen and oxygen atoms in total. The van der Waals surface area contributed by atoms with Crippen LogP contribution in [0.1, 0.15) is 15.9 Å². The van der Waals surface area contributed by atoms with Gasteiger partial charge in [-0.15, -0.1) is 0 Å². The first-order valence-electron chi connectivity index (χ1n) is 6.45. The van der Waals surface area contributed by atoms with E-state index in [1.165, 1.54) is 5.56 Å². The Morgan fingerprint density at radius 3 is 2.20 bits per heavy atom. The molecule has 4 heteroatoms. The van der Waals surface area contributed by atoms with Crippen molar-refractivity contribution >= 4 is 17.3 Å². The molecule has 0 unspecified atom stereocenters. The van der Waals surface area contributed by atoms with Crippen LogP contribution in [-0.2, 0) is 6.54 Å². The third kappa shape index (κ3) is 3.83. The molecule has 0 radical (unpaired) electrons. The molecule has 0 aliphatic carbocycles. The lowest BCUT2D eigenvalue weighted by molar-refractivity contribution is 0.102. The minimum atomic E-state index is -0.119. The van der Waals surface area contributed by atoms with Crippen molar-refractivity contribution in [2.24, 2.45) is 0 Å². The monoisotopic (exact) mass is 269 g/mol. The smallest absolute Gasteiger partial charge is 0.255 e. The average Bonchev–Trinajstić information content (AvgIpc) is 2.41. The number of hydrogen-bond acceptors (Lipinski definition) is 3. The minimum Gasteiger partial charge on any atom is -0.399 e. The van der Waals surface area contributed by atoms with E-state index in [-0.39, 0.29) is 5.91 Å². The Balaban J connectivity index is 2.03. The van der Waals surface area contributed by atoms with Gasteiger partial charge in [0.25, 0.3) is 5.91 Å². The maximum Gasteiger partial charge on any atom is 0.255 e. The van der Waals surface area contributed by atoms with Crippen LogP contribution in [0.5, 0.6) is 0 Å². The van der Waals surface area contributed by atoms with Gasteiger partial charge < -0.3 is 16.0 Å². The van der Waals surface area contributed by atoms with Gasteiger partial charge >= 0.3 is 0 Å². The second kappa shape index (κ2) is 6.21. The molecule has 20 heavy (non-hydrogen) atoms. The van der Waals surface area contributed by atoms with Crippen LogP contribution in [0.4, 0.5) is 11.4 Å². The van der Waals surface area contributed by atoms with Crippen molar-refractivity contribution < 1.29 is 4.79 Å². The van der Waals surface area contributed by atoms with Crippen molar-refractivity contribution in [1.82, 2.24) is 4.90 Å². The lowest BCUT2D eigenvalue weighted by Gasteiger charge is -2.10. The van der Waals surface area contributed by atoms with E-state index in [0.717, 1.165) is 12.2 Å². The van der Waals surface area contributed by atoms with E-state index >= 15 is 0 Å². The Morgan fingerprint density at radius 1 is 1.05 bits per heavy atom. The number of nitrogens with two attached hydrogens (primary N) is 1. The fourth-order valence-corrected chi connectivity index (χ4v) is 1.90. The molecule has 0 fully saturated rings. The molecule has 1 amide bonds. The second-order valence-corrected chi connectivity index (χ2v) is 5.01. The molecule has 0 saturated carbocycles. The molecule has 0 heterocycles. The largest absolute Gasteiger partial charge is 0.399 e. The predicted octanol–water partition coefficient (Wildman–Crippen LogP) is 2.58. The zero-order valence-electron chi connectivity index (χ0n) is 11.8. The van der Waals surface area contributed by atoms with Crippen molar-refractivity contribution in [3.63, 3.8) is 0 Å². The number of benzene rings is 2. The Kier molecular flexibility index (Phi) is 4.38. The highest BCUT2D eigenvalue weighted by Gasteiger charge is 2.06. The van der Waals surface area contributed by atoms with Crippen LogP contribution in [-0.4, -0.2) is 24.9 Å². The minimum absolute atomic E-state index is 0.119. The summed E-state index contributed by atoms with van der Waals surface area (Å²) in [5.74, 6) is -0.119. The zero-order valence-corrected chi connectivity index (χ0v) is 11.8. The summed E-state index contributed by atoms with van der Waals surface area (Å²) in [5, 5.41) is 2.84. The molecule has 0 aliphatic rings. The fourth-order valence-electron chi connectivity index (χ4n) is 1.90. The van der Waals surface area contributed by atoms with Crippen LogP contribution in [0.15, 0.2) is 48.5 Å². The summed E-state index contributed by atoms with van der Waals surface area (Å²) in [4.78, 5) is 14.2. The molecule has 0 atom stereocenters. The van der Waals surface area contributed by atoms with E-state index in [0.29, 0.717) is 11.3 Å². The van der Waals surface area contributed by atoms with Gasteiger partial charge in [-0.3, -0.25) is 4.79 Å². The number of carbonyl (C=O) groups excluding carboxylic acids is 1. The molecule has 0 saturated heterocycles. The average molecular weight is 269 g/mol. The predicted molar refractivity (Wildman–Crippen MR) is 82.6 cm³/mol. The maximum atomic E-state index is 12.1. The zero-order chi connectivity index (χ0) is 14.5. The molecule has 104 valence electrons. The number of rotatable bonds is 4. The van der Waals surface area contributed by atoms with Crippen molar-refractivity contribution in [2.75, 3.05) is 25.1 Å². The van der Waals surface area contributed by atoms with E-state index in [1.54, 1.807) is 24.3 Å². The van der Waals surface area contributed by atoms with Gasteiger partial charge in [-0.25, -0.2) is 0 Å². The highest BCUT2D eigenvalue weighted by atomic mass is 16.1. The van der Waals surface area contributed by atoms with Gasteiger partial charge in [-0.1, -0.05) is 12.1 Å². The number of carbonyl (C=O) groups is 1. The van der Waals surface area contributed by atoms with Crippen molar-refractivity contribution in [2.45, 2.75) is 6.54 Å². The standard InChI is InChI=1S/C16H19N3O/c1-19(2)11-12-3-5-13(6-4-12)16(20)18-15-9-7-14(17)8-10-15/h3-10H,11,17H2,1-2H3,(H,18,20). The Morgan fingerprint density at radius 2 is 1.65 bits per heavy atom. The SMILES string of the molecule is CN(C)Cc1ccc(C(=O)Nc2ccc(N)cc2)cc1. The van der Waals surface area contributed by atoms with Crippen LogP contribution < -0.4 is 11.1 Å². The van der Waals surface area contributed by atoms with Crippen LogP contribution >= 0.6 is 0 Å². The van der Waals surface area contributed by atoms with Gasteiger partial charge in [0.05, 0.1) is 0 Å². The molecule has 0 bridgehead atoms. The molecule has 0 aliphatic heterocycles. The number of nitrogens with zero attached hydrogens (tertiary/aromatic N) is 1. The van der Waals surface area contributed by atoms with Gasteiger partial charge in [-0.05, 0) is 56.1 Å². The highest BCUT2D eigenvalue weighted by molar-refractivity contribution is 6.04. The topological polar surface area (TPSA) is 58.4 Å². The lowest BCUT2D eigenvalue weighted by atomic mass is 10.1. The summed E-state index contributed by atoms with van der Waals surface area (Å²) in [7, 11) is 4.03. The van der Waals surface area contributed by atoms with E-state index in [4.69, 9.17) is 5.73 Å². The highest BCUT2D eigenvalue weighted by Crippen LogP contribution is 2.13. The third-order valence-electron chi connectivity index (χ3n) is 2.88. The quantitative estimate of drug-likeness (QED) is 0.839. The third-order valence-corrected chi connectivity index (χ3v) is 2.88. The maximum absolute atomic E-state index is 12.1. The Hall–Kier alpha value is -2.33. The van der Waals surface area contributed by atoms with Crippen LogP contribution in [0.3, 0.4) is 0 Å². The molecule has 2 aromatic rings. The first-order valence-corrected chi connectivity index (χ1v) is 6.45.